The maximum absolute atomic E-state index is 13.1. The first-order valence-electron chi connectivity index (χ1n) is 9.22. The number of amides is 2. The first-order chi connectivity index (χ1) is 12.6. The Bertz CT molecular complexity index is 728. The van der Waals surface area contributed by atoms with E-state index in [4.69, 9.17) is 0 Å². The van der Waals surface area contributed by atoms with E-state index in [0.717, 1.165) is 16.7 Å². The third-order valence-corrected chi connectivity index (χ3v) is 4.54. The number of hydrogen-bond acceptors (Lipinski definition) is 2. The number of nitrogens with zero attached hydrogens (tertiary/aromatic N) is 1. The van der Waals surface area contributed by atoms with Gasteiger partial charge in [-0.1, -0.05) is 61.5 Å². The molecule has 138 valence electrons. The number of carbonyl (C=O) groups excluding carboxylic acids is 2. The van der Waals surface area contributed by atoms with Crippen LogP contribution in [-0.4, -0.2) is 29.3 Å². The van der Waals surface area contributed by atoms with Crippen LogP contribution in [0.2, 0.25) is 0 Å². The Hall–Kier alpha value is -2.62. The first-order valence-corrected chi connectivity index (χ1v) is 9.22. The van der Waals surface area contributed by atoms with Crippen molar-refractivity contribution < 1.29 is 9.59 Å². The molecule has 0 saturated heterocycles. The van der Waals surface area contributed by atoms with Gasteiger partial charge in [-0.2, -0.15) is 0 Å². The van der Waals surface area contributed by atoms with Crippen LogP contribution in [0.1, 0.15) is 37.0 Å². The normalized spacial score (nSPS) is 11.7. The van der Waals surface area contributed by atoms with Crippen molar-refractivity contribution in [2.75, 3.05) is 6.54 Å². The molecular formula is C22H28N2O2. The summed E-state index contributed by atoms with van der Waals surface area (Å²) in [7, 11) is 0. The minimum Gasteiger partial charge on any atom is -0.355 e. The van der Waals surface area contributed by atoms with E-state index >= 15 is 0 Å². The molecule has 26 heavy (non-hydrogen) atoms. The summed E-state index contributed by atoms with van der Waals surface area (Å²) in [5, 5.41) is 2.86. The summed E-state index contributed by atoms with van der Waals surface area (Å²) in [5.41, 5.74) is 3.14. The minimum absolute atomic E-state index is 0.0300. The maximum Gasteiger partial charge on any atom is 0.242 e. The van der Waals surface area contributed by atoms with Gasteiger partial charge in [-0.25, -0.2) is 0 Å². The summed E-state index contributed by atoms with van der Waals surface area (Å²) in [5.74, 6) is -0.123. The highest BCUT2D eigenvalue weighted by atomic mass is 16.2. The Balaban J connectivity index is 2.28. The molecule has 0 aliphatic carbocycles. The van der Waals surface area contributed by atoms with Crippen LogP contribution in [0.25, 0.3) is 0 Å². The van der Waals surface area contributed by atoms with Gasteiger partial charge in [0, 0.05) is 13.1 Å². The summed E-state index contributed by atoms with van der Waals surface area (Å²) < 4.78 is 0. The van der Waals surface area contributed by atoms with E-state index in [-0.39, 0.29) is 11.8 Å². The lowest BCUT2D eigenvalue weighted by Crippen LogP contribution is -2.49. The summed E-state index contributed by atoms with van der Waals surface area (Å²) in [6.45, 7) is 6.86. The molecule has 0 bridgehead atoms. The second-order valence-electron chi connectivity index (χ2n) is 6.43. The highest BCUT2D eigenvalue weighted by Crippen LogP contribution is 2.17. The first kappa shape index (κ1) is 19.7. The molecule has 0 saturated carbocycles. The topological polar surface area (TPSA) is 49.4 Å². The lowest BCUT2D eigenvalue weighted by atomic mass is 10.0. The zero-order valence-corrected chi connectivity index (χ0v) is 15.9. The van der Waals surface area contributed by atoms with Gasteiger partial charge < -0.3 is 10.2 Å². The summed E-state index contributed by atoms with van der Waals surface area (Å²) in [6, 6.07) is 17.2. The monoisotopic (exact) mass is 352 g/mol. The number of rotatable bonds is 8. The number of likely N-dealkylation sites (N-methyl/N-ethyl adjacent to an activating group) is 1. The molecule has 0 fully saturated rings. The quantitative estimate of drug-likeness (QED) is 0.791. The molecule has 4 nitrogen and oxygen atoms in total. The average Bonchev–Trinajstić information content (AvgIpc) is 2.64. The van der Waals surface area contributed by atoms with E-state index in [2.05, 4.69) is 5.32 Å². The molecular weight excluding hydrogens is 324 g/mol. The predicted octanol–water partition coefficient (Wildman–Crippen LogP) is 3.48. The van der Waals surface area contributed by atoms with Gasteiger partial charge in [-0.3, -0.25) is 9.59 Å². The Morgan fingerprint density at radius 2 is 1.65 bits per heavy atom. The SMILES string of the molecule is CCNC(=O)[C@@H](CC)N(Cc1ccccc1C)C(=O)Cc1ccccc1. The van der Waals surface area contributed by atoms with Crippen molar-refractivity contribution in [3.8, 4) is 0 Å². The predicted molar refractivity (Wildman–Crippen MR) is 105 cm³/mol. The average molecular weight is 352 g/mol. The van der Waals surface area contributed by atoms with Crippen LogP contribution in [-0.2, 0) is 22.6 Å². The van der Waals surface area contributed by atoms with Gasteiger partial charge in [0.05, 0.1) is 6.42 Å². The second-order valence-corrected chi connectivity index (χ2v) is 6.43. The van der Waals surface area contributed by atoms with Crippen molar-refractivity contribution in [2.24, 2.45) is 0 Å². The van der Waals surface area contributed by atoms with Crippen LogP contribution in [0.15, 0.2) is 54.6 Å². The van der Waals surface area contributed by atoms with Crippen LogP contribution in [0.5, 0.6) is 0 Å². The van der Waals surface area contributed by atoms with Gasteiger partial charge in [0.2, 0.25) is 11.8 Å². The van der Waals surface area contributed by atoms with Crippen molar-refractivity contribution in [3.63, 3.8) is 0 Å². The summed E-state index contributed by atoms with van der Waals surface area (Å²) in [4.78, 5) is 27.3. The van der Waals surface area contributed by atoms with Crippen LogP contribution in [0.4, 0.5) is 0 Å². The molecule has 0 aliphatic rings. The Morgan fingerprint density at radius 1 is 1.00 bits per heavy atom. The fraction of sp³-hybridized carbons (Fsp3) is 0.364. The Kier molecular flexibility index (Phi) is 7.39. The van der Waals surface area contributed by atoms with E-state index in [0.29, 0.717) is 25.9 Å². The Morgan fingerprint density at radius 3 is 2.27 bits per heavy atom. The van der Waals surface area contributed by atoms with Gasteiger partial charge >= 0.3 is 0 Å². The molecule has 0 heterocycles. The lowest BCUT2D eigenvalue weighted by Gasteiger charge is -2.31. The fourth-order valence-corrected chi connectivity index (χ4v) is 3.05. The summed E-state index contributed by atoms with van der Waals surface area (Å²) >= 11 is 0. The molecule has 1 N–H and O–H groups in total. The maximum atomic E-state index is 13.1. The van der Waals surface area contributed by atoms with Gasteiger partial charge in [-0.15, -0.1) is 0 Å². The molecule has 0 radical (unpaired) electrons. The second kappa shape index (κ2) is 9.76. The van der Waals surface area contributed by atoms with E-state index in [9.17, 15) is 9.59 Å². The van der Waals surface area contributed by atoms with Crippen molar-refractivity contribution in [3.05, 3.63) is 71.3 Å². The number of aryl methyl sites for hydroxylation is 1. The van der Waals surface area contributed by atoms with Crippen molar-refractivity contribution in [2.45, 2.75) is 46.2 Å². The molecule has 0 unspecified atom stereocenters. The summed E-state index contributed by atoms with van der Waals surface area (Å²) in [6.07, 6.45) is 0.876. The van der Waals surface area contributed by atoms with Crippen molar-refractivity contribution in [1.29, 1.82) is 0 Å². The molecule has 2 amide bonds. The number of carbonyl (C=O) groups is 2. The molecule has 2 rings (SSSR count). The van der Waals surface area contributed by atoms with Crippen LogP contribution >= 0.6 is 0 Å². The van der Waals surface area contributed by atoms with E-state index in [1.165, 1.54) is 0 Å². The Labute approximate surface area is 156 Å². The minimum atomic E-state index is -0.467. The molecule has 2 aromatic rings. The van der Waals surface area contributed by atoms with Gasteiger partial charge in [0.1, 0.15) is 6.04 Å². The molecule has 2 aromatic carbocycles. The molecule has 4 heteroatoms. The number of benzene rings is 2. The molecule has 0 spiro atoms. The van der Waals surface area contributed by atoms with Crippen molar-refractivity contribution >= 4 is 11.8 Å². The van der Waals surface area contributed by atoms with Gasteiger partial charge in [0.15, 0.2) is 0 Å². The number of hydrogen-bond donors (Lipinski definition) is 1. The third-order valence-electron chi connectivity index (χ3n) is 4.54. The zero-order chi connectivity index (χ0) is 18.9. The smallest absolute Gasteiger partial charge is 0.242 e. The van der Waals surface area contributed by atoms with E-state index in [1.54, 1.807) is 4.90 Å². The molecule has 0 aliphatic heterocycles. The van der Waals surface area contributed by atoms with E-state index < -0.39 is 6.04 Å². The highest BCUT2D eigenvalue weighted by Gasteiger charge is 2.28. The van der Waals surface area contributed by atoms with Crippen LogP contribution < -0.4 is 5.32 Å². The largest absolute Gasteiger partial charge is 0.355 e. The van der Waals surface area contributed by atoms with Gasteiger partial charge in [-0.05, 0) is 37.0 Å². The lowest BCUT2D eigenvalue weighted by molar-refractivity contribution is -0.140. The zero-order valence-electron chi connectivity index (χ0n) is 15.9. The molecule has 0 aromatic heterocycles. The standard InChI is InChI=1S/C22H28N2O2/c1-4-20(22(26)23-5-2)24(16-19-14-10-9-11-17(19)3)21(25)15-18-12-7-6-8-13-18/h6-14,20H,4-5,15-16H2,1-3H3,(H,23,26)/t20-/m1/s1. The van der Waals surface area contributed by atoms with Crippen LogP contribution in [0, 0.1) is 6.92 Å². The number of nitrogens with one attached hydrogen (secondary N) is 1. The van der Waals surface area contributed by atoms with Crippen LogP contribution in [0.3, 0.4) is 0 Å². The highest BCUT2D eigenvalue weighted by molar-refractivity contribution is 5.88. The third kappa shape index (κ3) is 5.19. The van der Waals surface area contributed by atoms with E-state index in [1.807, 2.05) is 75.4 Å². The fourth-order valence-electron chi connectivity index (χ4n) is 3.05. The van der Waals surface area contributed by atoms with Gasteiger partial charge in [0.25, 0.3) is 0 Å². The van der Waals surface area contributed by atoms with Crippen molar-refractivity contribution in [1.82, 2.24) is 10.2 Å². The molecule has 1 atom stereocenters.